The Balaban J connectivity index is 1.75. The van der Waals surface area contributed by atoms with Crippen molar-refractivity contribution < 1.29 is 14.3 Å². The molecule has 31 heavy (non-hydrogen) atoms. The SMILES string of the molecule is CCCOc1ccc(C(=O)Nc2ccccc2C(=O)N(C)Cc2ccccc2)cc1Br. The number of hydrogen-bond acceptors (Lipinski definition) is 3. The lowest BCUT2D eigenvalue weighted by atomic mass is 10.1. The maximum atomic E-state index is 13.0. The van der Waals surface area contributed by atoms with Crippen LogP contribution in [0.2, 0.25) is 0 Å². The molecule has 2 amide bonds. The fraction of sp³-hybridized carbons (Fsp3) is 0.200. The van der Waals surface area contributed by atoms with Gasteiger partial charge in [0, 0.05) is 19.2 Å². The minimum absolute atomic E-state index is 0.163. The summed E-state index contributed by atoms with van der Waals surface area (Å²) in [5, 5.41) is 2.87. The number of hydrogen-bond donors (Lipinski definition) is 1. The predicted octanol–water partition coefficient (Wildman–Crippen LogP) is 5.76. The monoisotopic (exact) mass is 480 g/mol. The van der Waals surface area contributed by atoms with Crippen LogP contribution in [0.25, 0.3) is 0 Å². The minimum atomic E-state index is -0.297. The molecule has 0 atom stereocenters. The molecule has 0 aliphatic heterocycles. The van der Waals surface area contributed by atoms with Gasteiger partial charge in [0.25, 0.3) is 11.8 Å². The highest BCUT2D eigenvalue weighted by molar-refractivity contribution is 9.10. The van der Waals surface area contributed by atoms with Gasteiger partial charge in [-0.15, -0.1) is 0 Å². The van der Waals surface area contributed by atoms with E-state index in [0.29, 0.717) is 40.2 Å². The Morgan fingerprint density at radius 2 is 1.71 bits per heavy atom. The summed E-state index contributed by atoms with van der Waals surface area (Å²) in [6.45, 7) is 3.12. The number of carbonyl (C=O) groups is 2. The molecule has 0 spiro atoms. The van der Waals surface area contributed by atoms with E-state index >= 15 is 0 Å². The summed E-state index contributed by atoms with van der Waals surface area (Å²) in [6.07, 6.45) is 0.901. The fourth-order valence-corrected chi connectivity index (χ4v) is 3.57. The predicted molar refractivity (Wildman–Crippen MR) is 127 cm³/mol. The van der Waals surface area contributed by atoms with E-state index in [2.05, 4.69) is 21.2 Å². The molecule has 0 aliphatic carbocycles. The summed E-state index contributed by atoms with van der Waals surface area (Å²) < 4.78 is 6.34. The summed E-state index contributed by atoms with van der Waals surface area (Å²) in [5.41, 5.74) is 2.42. The van der Waals surface area contributed by atoms with Crippen LogP contribution in [-0.4, -0.2) is 30.4 Å². The zero-order chi connectivity index (χ0) is 22.2. The normalized spacial score (nSPS) is 10.4. The Morgan fingerprint density at radius 1 is 1.00 bits per heavy atom. The molecule has 3 aromatic carbocycles. The number of amides is 2. The molecule has 3 rings (SSSR count). The van der Waals surface area contributed by atoms with Crippen molar-refractivity contribution in [3.8, 4) is 5.75 Å². The number of ether oxygens (including phenoxy) is 1. The van der Waals surface area contributed by atoms with Crippen LogP contribution >= 0.6 is 15.9 Å². The van der Waals surface area contributed by atoms with Crippen LogP contribution < -0.4 is 10.1 Å². The van der Waals surface area contributed by atoms with Gasteiger partial charge in [-0.05, 0) is 58.2 Å². The molecule has 160 valence electrons. The molecule has 0 saturated carbocycles. The lowest BCUT2D eigenvalue weighted by Gasteiger charge is -2.19. The molecule has 3 aromatic rings. The first-order valence-electron chi connectivity index (χ1n) is 10.1. The van der Waals surface area contributed by atoms with E-state index in [9.17, 15) is 9.59 Å². The van der Waals surface area contributed by atoms with Gasteiger partial charge in [-0.1, -0.05) is 49.4 Å². The maximum Gasteiger partial charge on any atom is 0.256 e. The van der Waals surface area contributed by atoms with Crippen LogP contribution in [0.1, 0.15) is 39.6 Å². The third-order valence-corrected chi connectivity index (χ3v) is 5.29. The highest BCUT2D eigenvalue weighted by Gasteiger charge is 2.18. The molecule has 0 bridgehead atoms. The van der Waals surface area contributed by atoms with Crippen LogP contribution in [0.15, 0.2) is 77.3 Å². The van der Waals surface area contributed by atoms with Crippen molar-refractivity contribution >= 4 is 33.4 Å². The van der Waals surface area contributed by atoms with Crippen molar-refractivity contribution in [2.75, 3.05) is 19.0 Å². The molecule has 0 radical (unpaired) electrons. The topological polar surface area (TPSA) is 58.6 Å². The van der Waals surface area contributed by atoms with Gasteiger partial charge in [-0.25, -0.2) is 0 Å². The number of halogens is 1. The highest BCUT2D eigenvalue weighted by atomic mass is 79.9. The van der Waals surface area contributed by atoms with E-state index in [0.717, 1.165) is 12.0 Å². The van der Waals surface area contributed by atoms with Crippen molar-refractivity contribution in [2.45, 2.75) is 19.9 Å². The Hall–Kier alpha value is -3.12. The number of benzene rings is 3. The van der Waals surface area contributed by atoms with Crippen molar-refractivity contribution in [3.05, 3.63) is 94.0 Å². The Bertz CT molecular complexity index is 1050. The van der Waals surface area contributed by atoms with Crippen molar-refractivity contribution in [2.24, 2.45) is 0 Å². The molecule has 0 saturated heterocycles. The standard InChI is InChI=1S/C25H25BrN2O3/c1-3-15-31-23-14-13-19(16-21(23)26)24(29)27-22-12-8-7-11-20(22)25(30)28(2)17-18-9-5-4-6-10-18/h4-14,16H,3,15,17H2,1-2H3,(H,27,29). The lowest BCUT2D eigenvalue weighted by molar-refractivity contribution is 0.0786. The van der Waals surface area contributed by atoms with Gasteiger partial charge < -0.3 is 15.0 Å². The molecular formula is C25H25BrN2O3. The molecule has 6 heteroatoms. The van der Waals surface area contributed by atoms with Crippen LogP contribution in [0.3, 0.4) is 0 Å². The molecule has 0 heterocycles. The second-order valence-corrected chi connectivity index (χ2v) is 7.99. The average Bonchev–Trinajstić information content (AvgIpc) is 2.78. The van der Waals surface area contributed by atoms with E-state index in [1.54, 1.807) is 54.4 Å². The van der Waals surface area contributed by atoms with Gasteiger partial charge in [-0.3, -0.25) is 9.59 Å². The smallest absolute Gasteiger partial charge is 0.256 e. The molecule has 0 unspecified atom stereocenters. The zero-order valence-corrected chi connectivity index (χ0v) is 19.2. The Labute approximate surface area is 191 Å². The molecule has 0 fully saturated rings. The number of nitrogens with one attached hydrogen (secondary N) is 1. The van der Waals surface area contributed by atoms with E-state index in [1.807, 2.05) is 37.3 Å². The first kappa shape index (κ1) is 22.6. The fourth-order valence-electron chi connectivity index (χ4n) is 3.08. The number of para-hydroxylation sites is 1. The summed E-state index contributed by atoms with van der Waals surface area (Å²) >= 11 is 3.45. The summed E-state index contributed by atoms with van der Waals surface area (Å²) in [4.78, 5) is 27.5. The van der Waals surface area contributed by atoms with E-state index in [-0.39, 0.29) is 11.8 Å². The van der Waals surface area contributed by atoms with Gasteiger partial charge in [0.1, 0.15) is 5.75 Å². The summed E-state index contributed by atoms with van der Waals surface area (Å²) in [6, 6.07) is 22.0. The van der Waals surface area contributed by atoms with Crippen molar-refractivity contribution in [1.82, 2.24) is 4.90 Å². The van der Waals surface area contributed by atoms with Gasteiger partial charge in [-0.2, -0.15) is 0 Å². The lowest BCUT2D eigenvalue weighted by Crippen LogP contribution is -2.27. The third-order valence-electron chi connectivity index (χ3n) is 4.67. The number of anilines is 1. The quantitative estimate of drug-likeness (QED) is 0.445. The second-order valence-electron chi connectivity index (χ2n) is 7.14. The van der Waals surface area contributed by atoms with Gasteiger partial charge >= 0.3 is 0 Å². The number of nitrogens with zero attached hydrogens (tertiary/aromatic N) is 1. The van der Waals surface area contributed by atoms with E-state index < -0.39 is 0 Å². The number of rotatable bonds is 8. The first-order valence-corrected chi connectivity index (χ1v) is 10.9. The summed E-state index contributed by atoms with van der Waals surface area (Å²) in [7, 11) is 1.75. The molecule has 1 N–H and O–H groups in total. The third kappa shape index (κ3) is 5.95. The molecular weight excluding hydrogens is 456 g/mol. The van der Waals surface area contributed by atoms with Crippen LogP contribution in [0, 0.1) is 0 Å². The second kappa shape index (κ2) is 10.8. The van der Waals surface area contributed by atoms with Crippen molar-refractivity contribution in [3.63, 3.8) is 0 Å². The molecule has 0 aliphatic rings. The summed E-state index contributed by atoms with van der Waals surface area (Å²) in [5.74, 6) is 0.231. The zero-order valence-electron chi connectivity index (χ0n) is 17.6. The van der Waals surface area contributed by atoms with Crippen LogP contribution in [0.5, 0.6) is 5.75 Å². The van der Waals surface area contributed by atoms with Gasteiger partial charge in [0.05, 0.1) is 22.3 Å². The first-order chi connectivity index (χ1) is 15.0. The van der Waals surface area contributed by atoms with Crippen LogP contribution in [0.4, 0.5) is 5.69 Å². The van der Waals surface area contributed by atoms with Gasteiger partial charge in [0.15, 0.2) is 0 Å². The maximum absolute atomic E-state index is 13.0. The minimum Gasteiger partial charge on any atom is -0.492 e. The number of carbonyl (C=O) groups excluding carboxylic acids is 2. The molecule has 5 nitrogen and oxygen atoms in total. The molecule has 0 aromatic heterocycles. The average molecular weight is 481 g/mol. The van der Waals surface area contributed by atoms with E-state index in [4.69, 9.17) is 4.74 Å². The van der Waals surface area contributed by atoms with E-state index in [1.165, 1.54) is 0 Å². The Morgan fingerprint density at radius 3 is 2.42 bits per heavy atom. The van der Waals surface area contributed by atoms with Crippen molar-refractivity contribution in [1.29, 1.82) is 0 Å². The van der Waals surface area contributed by atoms with Crippen LogP contribution in [-0.2, 0) is 6.54 Å². The van der Waals surface area contributed by atoms with Gasteiger partial charge in [0.2, 0.25) is 0 Å². The Kier molecular flexibility index (Phi) is 7.84. The largest absolute Gasteiger partial charge is 0.492 e. The highest BCUT2D eigenvalue weighted by Crippen LogP contribution is 2.27.